The van der Waals surface area contributed by atoms with E-state index >= 15 is 0 Å². The Hall–Kier alpha value is -3.32. The molecule has 0 radical (unpaired) electrons. The molecule has 1 aliphatic heterocycles. The average molecular weight is 451 g/mol. The van der Waals surface area contributed by atoms with Crippen molar-refractivity contribution in [1.82, 2.24) is 4.90 Å². The smallest absolute Gasteiger partial charge is 0.264 e. The quantitative estimate of drug-likeness (QED) is 0.570. The Bertz CT molecular complexity index is 1080. The van der Waals surface area contributed by atoms with Crippen LogP contribution < -0.4 is 14.8 Å². The zero-order valence-corrected chi connectivity index (χ0v) is 19.0. The summed E-state index contributed by atoms with van der Waals surface area (Å²) in [6.07, 6.45) is 0.385. The monoisotopic (exact) mass is 450 g/mol. The summed E-state index contributed by atoms with van der Waals surface area (Å²) in [5.74, 6) is 1.35. The van der Waals surface area contributed by atoms with Crippen LogP contribution in [0.3, 0.4) is 0 Å². The maximum absolute atomic E-state index is 13.1. The van der Waals surface area contributed by atoms with Crippen molar-refractivity contribution >= 4 is 28.8 Å². The molecule has 0 spiro atoms. The number of nitrogens with one attached hydrogen (secondary N) is 1. The molecule has 0 saturated heterocycles. The Morgan fingerprint density at radius 2 is 2.03 bits per heavy atom. The van der Waals surface area contributed by atoms with Gasteiger partial charge in [0.25, 0.3) is 5.91 Å². The molecule has 32 heavy (non-hydrogen) atoms. The lowest BCUT2D eigenvalue weighted by Crippen LogP contribution is -2.38. The van der Waals surface area contributed by atoms with Crippen molar-refractivity contribution < 1.29 is 19.1 Å². The first kappa shape index (κ1) is 21.9. The number of hydrogen-bond donors (Lipinski definition) is 1. The standard InChI is InChI=1S/C25H26N2O4S/c1-3-22-25(29)27(15-17-6-9-20(30-2)10-7-17)16-18-13-19(8-11-23(18)31-22)26-24(28)14-21-5-4-12-32-21/h4-13,22H,3,14-16H2,1-2H3,(H,26,28)/t22-/m1/s1. The Morgan fingerprint density at radius 1 is 1.22 bits per heavy atom. The van der Waals surface area contributed by atoms with Crippen LogP contribution in [0.2, 0.25) is 0 Å². The first-order chi connectivity index (χ1) is 15.6. The first-order valence-corrected chi connectivity index (χ1v) is 11.5. The second-order valence-corrected chi connectivity index (χ2v) is 8.72. The van der Waals surface area contributed by atoms with E-state index in [0.717, 1.165) is 21.8 Å². The third-order valence-electron chi connectivity index (χ3n) is 5.38. The molecule has 0 fully saturated rings. The van der Waals surface area contributed by atoms with Crippen molar-refractivity contribution in [2.75, 3.05) is 12.4 Å². The Balaban J connectivity index is 1.53. The number of ether oxygens (including phenoxy) is 2. The van der Waals surface area contributed by atoms with Crippen LogP contribution in [0.25, 0.3) is 0 Å². The van der Waals surface area contributed by atoms with Crippen molar-refractivity contribution in [3.8, 4) is 11.5 Å². The molecular weight excluding hydrogens is 424 g/mol. The summed E-state index contributed by atoms with van der Waals surface area (Å²) in [5.41, 5.74) is 2.58. The molecule has 2 aromatic carbocycles. The molecule has 1 atom stereocenters. The summed E-state index contributed by atoms with van der Waals surface area (Å²) in [6.45, 7) is 2.82. The van der Waals surface area contributed by atoms with E-state index < -0.39 is 6.10 Å². The van der Waals surface area contributed by atoms with Crippen molar-refractivity contribution in [2.24, 2.45) is 0 Å². The van der Waals surface area contributed by atoms with Crippen molar-refractivity contribution in [3.63, 3.8) is 0 Å². The fourth-order valence-corrected chi connectivity index (χ4v) is 4.41. The van der Waals surface area contributed by atoms with Gasteiger partial charge in [-0.15, -0.1) is 11.3 Å². The summed E-state index contributed by atoms with van der Waals surface area (Å²) in [6, 6.07) is 17.1. The minimum atomic E-state index is -0.534. The van der Waals surface area contributed by atoms with Crippen molar-refractivity contribution in [3.05, 3.63) is 76.0 Å². The van der Waals surface area contributed by atoms with Gasteiger partial charge in [-0.05, 0) is 53.8 Å². The number of fused-ring (bicyclic) bond motifs is 1. The van der Waals surface area contributed by atoms with Gasteiger partial charge in [-0.1, -0.05) is 25.1 Å². The van der Waals surface area contributed by atoms with Gasteiger partial charge in [0, 0.05) is 29.2 Å². The number of carbonyl (C=O) groups is 2. The SMILES string of the molecule is CC[C@H]1Oc2ccc(NC(=O)Cc3cccs3)cc2CN(Cc2ccc(OC)cc2)C1=O. The number of anilines is 1. The molecule has 0 aliphatic carbocycles. The number of amides is 2. The van der Waals surface area contributed by atoms with Crippen LogP contribution in [0, 0.1) is 0 Å². The van der Waals surface area contributed by atoms with Gasteiger partial charge in [0.05, 0.1) is 13.5 Å². The lowest BCUT2D eigenvalue weighted by atomic mass is 10.1. The van der Waals surface area contributed by atoms with Crippen LogP contribution in [0.4, 0.5) is 5.69 Å². The van der Waals surface area contributed by atoms with Gasteiger partial charge in [-0.25, -0.2) is 0 Å². The predicted molar refractivity (Wildman–Crippen MR) is 125 cm³/mol. The van der Waals surface area contributed by atoms with E-state index in [4.69, 9.17) is 9.47 Å². The number of carbonyl (C=O) groups excluding carboxylic acids is 2. The molecule has 1 N–H and O–H groups in total. The maximum Gasteiger partial charge on any atom is 0.264 e. The van der Waals surface area contributed by atoms with Crippen LogP contribution in [-0.2, 0) is 29.1 Å². The molecule has 6 nitrogen and oxygen atoms in total. The predicted octanol–water partition coefficient (Wildman–Crippen LogP) is 4.64. The van der Waals surface area contributed by atoms with Crippen molar-refractivity contribution in [1.29, 1.82) is 0 Å². The molecule has 1 aliphatic rings. The molecule has 0 unspecified atom stereocenters. The second-order valence-electron chi connectivity index (χ2n) is 7.68. The summed E-state index contributed by atoms with van der Waals surface area (Å²) >= 11 is 1.56. The van der Waals surface area contributed by atoms with Gasteiger partial charge in [0.2, 0.25) is 5.91 Å². The minimum Gasteiger partial charge on any atom is -0.497 e. The van der Waals surface area contributed by atoms with Crippen molar-refractivity contribution in [2.45, 2.75) is 39.0 Å². The van der Waals surface area contributed by atoms with E-state index in [0.29, 0.717) is 37.4 Å². The minimum absolute atomic E-state index is 0.0391. The first-order valence-electron chi connectivity index (χ1n) is 10.6. The van der Waals surface area contributed by atoms with Crippen LogP contribution >= 0.6 is 11.3 Å². The van der Waals surface area contributed by atoms with E-state index in [9.17, 15) is 9.59 Å². The lowest BCUT2D eigenvalue weighted by molar-refractivity contribution is -0.139. The summed E-state index contributed by atoms with van der Waals surface area (Å²) in [5, 5.41) is 4.92. The van der Waals surface area contributed by atoms with Crippen LogP contribution in [0.1, 0.15) is 29.3 Å². The van der Waals surface area contributed by atoms with Crippen LogP contribution in [0.15, 0.2) is 60.0 Å². The van der Waals surface area contributed by atoms with Gasteiger partial charge >= 0.3 is 0 Å². The topological polar surface area (TPSA) is 67.9 Å². The zero-order valence-electron chi connectivity index (χ0n) is 18.2. The third kappa shape index (κ3) is 5.11. The summed E-state index contributed by atoms with van der Waals surface area (Å²) in [7, 11) is 1.63. The highest BCUT2D eigenvalue weighted by atomic mass is 32.1. The molecule has 0 bridgehead atoms. The van der Waals surface area contributed by atoms with Crippen LogP contribution in [-0.4, -0.2) is 29.9 Å². The van der Waals surface area contributed by atoms with E-state index in [1.54, 1.807) is 23.3 Å². The summed E-state index contributed by atoms with van der Waals surface area (Å²) < 4.78 is 11.3. The third-order valence-corrected chi connectivity index (χ3v) is 6.26. The Labute approximate surface area is 191 Å². The molecule has 2 amide bonds. The van der Waals surface area contributed by atoms with E-state index in [1.807, 2.05) is 66.9 Å². The van der Waals surface area contributed by atoms with Gasteiger partial charge in [0.15, 0.2) is 6.10 Å². The molecule has 0 saturated carbocycles. The maximum atomic E-state index is 13.1. The Kier molecular flexibility index (Phi) is 6.75. The molecular formula is C25H26N2O4S. The second kappa shape index (κ2) is 9.87. The molecule has 166 valence electrons. The number of nitrogens with zero attached hydrogens (tertiary/aromatic N) is 1. The normalized spacial score (nSPS) is 15.5. The zero-order chi connectivity index (χ0) is 22.5. The molecule has 2 heterocycles. The molecule has 3 aromatic rings. The Morgan fingerprint density at radius 3 is 2.72 bits per heavy atom. The average Bonchev–Trinajstić information content (AvgIpc) is 3.26. The largest absolute Gasteiger partial charge is 0.497 e. The van der Waals surface area contributed by atoms with Gasteiger partial charge in [0.1, 0.15) is 11.5 Å². The lowest BCUT2D eigenvalue weighted by Gasteiger charge is -2.23. The van der Waals surface area contributed by atoms with Gasteiger partial charge in [-0.2, -0.15) is 0 Å². The molecule has 7 heteroatoms. The van der Waals surface area contributed by atoms with Gasteiger partial charge < -0.3 is 19.7 Å². The van der Waals surface area contributed by atoms with Gasteiger partial charge in [-0.3, -0.25) is 9.59 Å². The van der Waals surface area contributed by atoms with E-state index in [1.165, 1.54) is 0 Å². The highest BCUT2D eigenvalue weighted by Gasteiger charge is 2.30. The number of rotatable bonds is 7. The van der Waals surface area contributed by atoms with E-state index in [2.05, 4.69) is 5.32 Å². The number of methoxy groups -OCH3 is 1. The number of benzene rings is 2. The van der Waals surface area contributed by atoms with E-state index in [-0.39, 0.29) is 11.8 Å². The fourth-order valence-electron chi connectivity index (χ4n) is 3.71. The highest BCUT2D eigenvalue weighted by molar-refractivity contribution is 7.10. The fraction of sp³-hybridized carbons (Fsp3) is 0.280. The molecule has 4 rings (SSSR count). The number of thiophene rings is 1. The number of hydrogen-bond acceptors (Lipinski definition) is 5. The molecule has 1 aromatic heterocycles. The van der Waals surface area contributed by atoms with Crippen LogP contribution in [0.5, 0.6) is 11.5 Å². The summed E-state index contributed by atoms with van der Waals surface area (Å²) in [4.78, 5) is 28.4. The highest BCUT2D eigenvalue weighted by Crippen LogP contribution is 2.30.